The number of rotatable bonds is 8. The lowest BCUT2D eigenvalue weighted by atomic mass is 9.92. The highest BCUT2D eigenvalue weighted by Crippen LogP contribution is 2.40. The standard InChI is InChI=1S/C19H28F3N5OS/c1-5-23-16(26-13-17(2,3)14-7-6-12-29-14)25-9-8-18(28,19(20,21)22)15-24-10-11-27(15)4/h6-7,10-12,28H,5,8-9,13H2,1-4H3,(H2,23,25,26). The zero-order valence-corrected chi connectivity index (χ0v) is 17.9. The molecule has 29 heavy (non-hydrogen) atoms. The number of halogens is 3. The first-order chi connectivity index (χ1) is 13.5. The summed E-state index contributed by atoms with van der Waals surface area (Å²) in [6, 6.07) is 4.02. The molecule has 3 N–H and O–H groups in total. The maximum Gasteiger partial charge on any atom is 0.424 e. The molecule has 0 saturated heterocycles. The van der Waals surface area contributed by atoms with Crippen molar-refractivity contribution in [1.82, 2.24) is 20.2 Å². The average Bonchev–Trinajstić information content (AvgIpc) is 3.30. The molecule has 0 aliphatic heterocycles. The van der Waals surface area contributed by atoms with Gasteiger partial charge in [0.2, 0.25) is 5.60 Å². The lowest BCUT2D eigenvalue weighted by Gasteiger charge is -2.30. The maximum absolute atomic E-state index is 13.6. The van der Waals surface area contributed by atoms with Crippen molar-refractivity contribution >= 4 is 17.3 Å². The van der Waals surface area contributed by atoms with E-state index in [1.807, 2.05) is 24.4 Å². The van der Waals surface area contributed by atoms with Crippen molar-refractivity contribution < 1.29 is 18.3 Å². The summed E-state index contributed by atoms with van der Waals surface area (Å²) < 4.78 is 42.0. The van der Waals surface area contributed by atoms with Gasteiger partial charge in [-0.25, -0.2) is 4.98 Å². The number of aryl methyl sites for hydroxylation is 1. The number of thiophene rings is 1. The molecule has 2 aromatic heterocycles. The largest absolute Gasteiger partial charge is 0.424 e. The number of nitrogens with zero attached hydrogens (tertiary/aromatic N) is 3. The van der Waals surface area contributed by atoms with Gasteiger partial charge in [0.15, 0.2) is 5.96 Å². The van der Waals surface area contributed by atoms with E-state index in [-0.39, 0.29) is 12.0 Å². The number of aliphatic imine (C=N–C) groups is 1. The van der Waals surface area contributed by atoms with Gasteiger partial charge in [-0.1, -0.05) is 19.9 Å². The van der Waals surface area contributed by atoms with E-state index >= 15 is 0 Å². The summed E-state index contributed by atoms with van der Waals surface area (Å²) >= 11 is 1.64. The third-order valence-corrected chi connectivity index (χ3v) is 5.84. The van der Waals surface area contributed by atoms with Crippen molar-refractivity contribution in [2.75, 3.05) is 19.6 Å². The van der Waals surface area contributed by atoms with Gasteiger partial charge in [0.25, 0.3) is 0 Å². The maximum atomic E-state index is 13.6. The van der Waals surface area contributed by atoms with Gasteiger partial charge in [-0.2, -0.15) is 13.2 Å². The van der Waals surface area contributed by atoms with Crippen LogP contribution in [0.15, 0.2) is 34.9 Å². The molecule has 0 bridgehead atoms. The zero-order valence-electron chi connectivity index (χ0n) is 17.0. The van der Waals surface area contributed by atoms with Crippen LogP contribution in [0.25, 0.3) is 0 Å². The number of guanidine groups is 1. The van der Waals surface area contributed by atoms with Crippen LogP contribution in [-0.2, 0) is 18.1 Å². The van der Waals surface area contributed by atoms with Crippen LogP contribution >= 0.6 is 11.3 Å². The Balaban J connectivity index is 2.08. The smallest absolute Gasteiger partial charge is 0.374 e. The van der Waals surface area contributed by atoms with Crippen molar-refractivity contribution in [1.29, 1.82) is 0 Å². The third kappa shape index (κ3) is 5.51. The third-order valence-electron chi connectivity index (χ3n) is 4.60. The Labute approximate surface area is 172 Å². The summed E-state index contributed by atoms with van der Waals surface area (Å²) in [5.41, 5.74) is -3.25. The predicted octanol–water partition coefficient (Wildman–Crippen LogP) is 3.15. The van der Waals surface area contributed by atoms with Gasteiger partial charge in [-0.15, -0.1) is 11.3 Å². The van der Waals surface area contributed by atoms with Crippen LogP contribution in [0.3, 0.4) is 0 Å². The van der Waals surface area contributed by atoms with E-state index in [2.05, 4.69) is 34.5 Å². The minimum Gasteiger partial charge on any atom is -0.374 e. The van der Waals surface area contributed by atoms with Crippen LogP contribution in [0, 0.1) is 0 Å². The van der Waals surface area contributed by atoms with Crippen LogP contribution in [-0.4, -0.2) is 46.4 Å². The van der Waals surface area contributed by atoms with E-state index in [1.54, 1.807) is 11.3 Å². The van der Waals surface area contributed by atoms with Gasteiger partial charge in [0.1, 0.15) is 5.82 Å². The number of aliphatic hydroxyl groups is 1. The Hall–Kier alpha value is -2.07. The molecule has 0 amide bonds. The van der Waals surface area contributed by atoms with Crippen molar-refractivity contribution in [3.8, 4) is 0 Å². The number of nitrogens with one attached hydrogen (secondary N) is 2. The van der Waals surface area contributed by atoms with E-state index in [0.717, 1.165) is 0 Å². The van der Waals surface area contributed by atoms with Crippen molar-refractivity contribution in [2.45, 2.75) is 44.4 Å². The molecule has 0 saturated carbocycles. The second-order valence-corrected chi connectivity index (χ2v) is 8.40. The first kappa shape index (κ1) is 23.2. The highest BCUT2D eigenvalue weighted by atomic mass is 32.1. The molecule has 2 aromatic rings. The molecule has 0 aliphatic rings. The lowest BCUT2D eigenvalue weighted by Crippen LogP contribution is -2.48. The zero-order chi connectivity index (χ0) is 21.7. The van der Waals surface area contributed by atoms with Gasteiger partial charge in [-0.05, 0) is 18.4 Å². The van der Waals surface area contributed by atoms with Crippen LogP contribution < -0.4 is 10.6 Å². The molecule has 1 atom stereocenters. The second kappa shape index (κ2) is 9.17. The summed E-state index contributed by atoms with van der Waals surface area (Å²) in [4.78, 5) is 9.41. The van der Waals surface area contributed by atoms with E-state index in [1.165, 1.54) is 28.9 Å². The topological polar surface area (TPSA) is 74.5 Å². The fourth-order valence-electron chi connectivity index (χ4n) is 2.87. The second-order valence-electron chi connectivity index (χ2n) is 7.45. The Morgan fingerprint density at radius 2 is 2.03 bits per heavy atom. The number of hydrogen-bond acceptors (Lipinski definition) is 4. The molecule has 162 valence electrons. The van der Waals surface area contributed by atoms with Gasteiger partial charge in [-0.3, -0.25) is 4.99 Å². The molecule has 0 aliphatic carbocycles. The number of aromatic nitrogens is 2. The van der Waals surface area contributed by atoms with Crippen LogP contribution in [0.4, 0.5) is 13.2 Å². The molecule has 2 rings (SSSR count). The molecule has 0 fully saturated rings. The molecular formula is C19H28F3N5OS. The first-order valence-corrected chi connectivity index (χ1v) is 10.2. The Morgan fingerprint density at radius 1 is 1.31 bits per heavy atom. The summed E-state index contributed by atoms with van der Waals surface area (Å²) in [6.45, 7) is 6.90. The summed E-state index contributed by atoms with van der Waals surface area (Å²) in [6.07, 6.45) is -2.85. The van der Waals surface area contributed by atoms with E-state index in [0.29, 0.717) is 19.0 Å². The summed E-state index contributed by atoms with van der Waals surface area (Å²) in [5.74, 6) is -0.0333. The van der Waals surface area contributed by atoms with Crippen LogP contribution in [0.2, 0.25) is 0 Å². The molecular weight excluding hydrogens is 403 g/mol. The van der Waals surface area contributed by atoms with Crippen molar-refractivity contribution in [3.05, 3.63) is 40.6 Å². The Morgan fingerprint density at radius 3 is 2.55 bits per heavy atom. The fraction of sp³-hybridized carbons (Fsp3) is 0.579. The predicted molar refractivity (Wildman–Crippen MR) is 109 cm³/mol. The first-order valence-electron chi connectivity index (χ1n) is 9.34. The molecule has 0 spiro atoms. The minimum absolute atomic E-state index is 0.131. The number of hydrogen-bond donors (Lipinski definition) is 3. The van der Waals surface area contributed by atoms with Gasteiger partial charge in [0.05, 0.1) is 6.54 Å². The van der Waals surface area contributed by atoms with Gasteiger partial charge < -0.3 is 20.3 Å². The summed E-state index contributed by atoms with van der Waals surface area (Å²) in [7, 11) is 1.42. The van der Waals surface area contributed by atoms with E-state index in [9.17, 15) is 18.3 Å². The Bertz CT molecular complexity index is 801. The van der Waals surface area contributed by atoms with Crippen LogP contribution in [0.1, 0.15) is 37.9 Å². The lowest BCUT2D eigenvalue weighted by molar-refractivity contribution is -0.272. The number of imidazole rings is 1. The highest BCUT2D eigenvalue weighted by molar-refractivity contribution is 7.10. The summed E-state index contributed by atoms with van der Waals surface area (Å²) in [5, 5.41) is 18.3. The molecule has 10 heteroatoms. The monoisotopic (exact) mass is 431 g/mol. The molecule has 1 unspecified atom stereocenters. The van der Waals surface area contributed by atoms with E-state index < -0.39 is 24.0 Å². The molecule has 2 heterocycles. The quantitative estimate of drug-likeness (QED) is 0.443. The normalized spacial score (nSPS) is 15.2. The average molecular weight is 432 g/mol. The SMILES string of the molecule is CCNC(=NCC(C)(C)c1cccs1)NCCC(O)(c1nccn1C)C(F)(F)F. The van der Waals surface area contributed by atoms with Crippen molar-refractivity contribution in [2.24, 2.45) is 12.0 Å². The Kier molecular flexibility index (Phi) is 7.34. The number of alkyl halides is 3. The van der Waals surface area contributed by atoms with E-state index in [4.69, 9.17) is 0 Å². The highest BCUT2D eigenvalue weighted by Gasteiger charge is 2.57. The minimum atomic E-state index is -4.86. The molecule has 0 radical (unpaired) electrons. The molecule has 0 aromatic carbocycles. The van der Waals surface area contributed by atoms with Crippen molar-refractivity contribution in [3.63, 3.8) is 0 Å². The molecule has 6 nitrogen and oxygen atoms in total. The van der Waals surface area contributed by atoms with Gasteiger partial charge in [0, 0.05) is 49.2 Å². The fourth-order valence-corrected chi connectivity index (χ4v) is 3.71. The van der Waals surface area contributed by atoms with Crippen LogP contribution in [0.5, 0.6) is 0 Å². The van der Waals surface area contributed by atoms with Gasteiger partial charge >= 0.3 is 6.18 Å².